The van der Waals surface area contributed by atoms with E-state index in [0.29, 0.717) is 16.6 Å². The molecule has 0 radical (unpaired) electrons. The van der Waals surface area contributed by atoms with E-state index in [1.54, 1.807) is 6.92 Å². The summed E-state index contributed by atoms with van der Waals surface area (Å²) in [6.45, 7) is 2.45. The van der Waals surface area contributed by atoms with E-state index < -0.39 is 22.0 Å². The number of aromatic nitrogens is 1. The molecule has 0 spiro atoms. The molecule has 1 aromatic heterocycles. The number of aliphatic hydroxyl groups is 1. The minimum absolute atomic E-state index is 0.0627. The van der Waals surface area contributed by atoms with Gasteiger partial charge in [0.25, 0.3) is 5.91 Å². The number of hydrogen-bond acceptors (Lipinski definition) is 7. The average Bonchev–Trinajstić information content (AvgIpc) is 3.09. The van der Waals surface area contributed by atoms with Crippen molar-refractivity contribution in [3.05, 3.63) is 82.4 Å². The lowest BCUT2D eigenvalue weighted by atomic mass is 10.1. The summed E-state index contributed by atoms with van der Waals surface area (Å²) in [5, 5.41) is 11.3. The van der Waals surface area contributed by atoms with Gasteiger partial charge in [-0.05, 0) is 18.1 Å². The number of amides is 1. The molecular formula is C21H23N3O4S2. The van der Waals surface area contributed by atoms with Crippen LogP contribution >= 0.6 is 11.3 Å². The van der Waals surface area contributed by atoms with Crippen LogP contribution in [0.5, 0.6) is 0 Å². The SMILES string of the molecule is Cc1sc(N(Cc2ccccc2)CC(O)c2ccccc2)nc1C(=O)NS(C)(=O)=O. The maximum Gasteiger partial charge on any atom is 0.284 e. The zero-order valence-corrected chi connectivity index (χ0v) is 18.3. The molecule has 9 heteroatoms. The Morgan fingerprint density at radius 3 is 2.33 bits per heavy atom. The zero-order valence-electron chi connectivity index (χ0n) is 16.6. The van der Waals surface area contributed by atoms with Crippen molar-refractivity contribution in [2.45, 2.75) is 19.6 Å². The summed E-state index contributed by atoms with van der Waals surface area (Å²) < 4.78 is 24.8. The normalized spacial score (nSPS) is 12.4. The molecule has 1 amide bonds. The van der Waals surface area contributed by atoms with Crippen molar-refractivity contribution in [3.63, 3.8) is 0 Å². The number of carbonyl (C=O) groups is 1. The summed E-state index contributed by atoms with van der Waals surface area (Å²) in [5.74, 6) is -0.763. The third kappa shape index (κ3) is 5.88. The fraction of sp³-hybridized carbons (Fsp3) is 0.238. The van der Waals surface area contributed by atoms with Crippen LogP contribution in [0.25, 0.3) is 0 Å². The summed E-state index contributed by atoms with van der Waals surface area (Å²) >= 11 is 1.28. The maximum atomic E-state index is 12.3. The standard InChI is InChI=1S/C21H23N3O4S2/c1-15-19(20(26)23-30(2,27)28)22-21(29-15)24(13-16-9-5-3-6-10-16)14-18(25)17-11-7-4-8-12-17/h3-12,18,25H,13-14H2,1-2H3,(H,23,26). The Labute approximate surface area is 180 Å². The van der Waals surface area contributed by atoms with Gasteiger partial charge in [-0.25, -0.2) is 18.1 Å². The molecule has 0 fully saturated rings. The molecule has 158 valence electrons. The zero-order chi connectivity index (χ0) is 21.7. The van der Waals surface area contributed by atoms with E-state index in [2.05, 4.69) is 4.98 Å². The molecule has 0 bridgehead atoms. The van der Waals surface area contributed by atoms with Crippen LogP contribution in [-0.4, -0.2) is 37.2 Å². The largest absolute Gasteiger partial charge is 0.387 e. The molecule has 7 nitrogen and oxygen atoms in total. The van der Waals surface area contributed by atoms with Crippen molar-refractivity contribution in [1.82, 2.24) is 9.71 Å². The Kier molecular flexibility index (Phi) is 6.86. The molecule has 30 heavy (non-hydrogen) atoms. The van der Waals surface area contributed by atoms with Crippen molar-refractivity contribution in [3.8, 4) is 0 Å². The van der Waals surface area contributed by atoms with Crippen molar-refractivity contribution in [1.29, 1.82) is 0 Å². The number of thiazole rings is 1. The summed E-state index contributed by atoms with van der Waals surface area (Å²) in [5.41, 5.74) is 1.86. The lowest BCUT2D eigenvalue weighted by Gasteiger charge is -2.25. The van der Waals surface area contributed by atoms with Gasteiger partial charge < -0.3 is 10.0 Å². The van der Waals surface area contributed by atoms with Crippen LogP contribution in [0.3, 0.4) is 0 Å². The molecule has 3 rings (SSSR count). The lowest BCUT2D eigenvalue weighted by molar-refractivity contribution is 0.0977. The van der Waals surface area contributed by atoms with E-state index in [1.807, 2.05) is 70.3 Å². The predicted molar refractivity (Wildman–Crippen MR) is 118 cm³/mol. The molecule has 0 aliphatic heterocycles. The summed E-state index contributed by atoms with van der Waals surface area (Å²) in [6, 6.07) is 19.0. The molecule has 0 aliphatic rings. The Morgan fingerprint density at radius 2 is 1.73 bits per heavy atom. The number of anilines is 1. The first-order chi connectivity index (χ1) is 14.2. The molecular weight excluding hydrogens is 422 g/mol. The second kappa shape index (κ2) is 9.38. The number of aryl methyl sites for hydroxylation is 1. The molecule has 0 saturated heterocycles. The van der Waals surface area contributed by atoms with E-state index >= 15 is 0 Å². The minimum atomic E-state index is -3.69. The first-order valence-electron chi connectivity index (χ1n) is 9.24. The van der Waals surface area contributed by atoms with Crippen molar-refractivity contribution in [2.24, 2.45) is 0 Å². The van der Waals surface area contributed by atoms with E-state index in [4.69, 9.17) is 0 Å². The monoisotopic (exact) mass is 445 g/mol. The molecule has 1 unspecified atom stereocenters. The van der Waals surface area contributed by atoms with Crippen LogP contribution in [0, 0.1) is 6.92 Å². The molecule has 1 heterocycles. The predicted octanol–water partition coefficient (Wildman–Crippen LogP) is 2.88. The third-order valence-electron chi connectivity index (χ3n) is 4.34. The Balaban J connectivity index is 1.90. The van der Waals surface area contributed by atoms with Crippen LogP contribution in [0.4, 0.5) is 5.13 Å². The number of nitrogens with one attached hydrogen (secondary N) is 1. The van der Waals surface area contributed by atoms with E-state index in [9.17, 15) is 18.3 Å². The van der Waals surface area contributed by atoms with Gasteiger partial charge in [0.05, 0.1) is 18.9 Å². The summed E-state index contributed by atoms with van der Waals surface area (Å²) in [6.07, 6.45) is 0.165. The number of benzene rings is 2. The highest BCUT2D eigenvalue weighted by molar-refractivity contribution is 7.89. The van der Waals surface area contributed by atoms with Gasteiger partial charge in [0.15, 0.2) is 5.13 Å². The number of rotatable bonds is 8. The first-order valence-corrected chi connectivity index (χ1v) is 11.9. The second-order valence-electron chi connectivity index (χ2n) is 6.90. The van der Waals surface area contributed by atoms with E-state index in [0.717, 1.165) is 17.4 Å². The van der Waals surface area contributed by atoms with Crippen LogP contribution in [0.2, 0.25) is 0 Å². The summed E-state index contributed by atoms with van der Waals surface area (Å²) in [4.78, 5) is 19.2. The van der Waals surface area contributed by atoms with Gasteiger partial charge in [-0.15, -0.1) is 11.3 Å². The first kappa shape index (κ1) is 21.9. The molecule has 0 aliphatic carbocycles. The number of carbonyl (C=O) groups excluding carboxylic acids is 1. The molecule has 2 N–H and O–H groups in total. The minimum Gasteiger partial charge on any atom is -0.387 e. The van der Waals surface area contributed by atoms with Gasteiger partial charge in [-0.2, -0.15) is 0 Å². The van der Waals surface area contributed by atoms with E-state index in [-0.39, 0.29) is 12.2 Å². The van der Waals surface area contributed by atoms with Crippen LogP contribution < -0.4 is 9.62 Å². The average molecular weight is 446 g/mol. The number of hydrogen-bond donors (Lipinski definition) is 2. The number of aliphatic hydroxyl groups excluding tert-OH is 1. The van der Waals surface area contributed by atoms with Crippen LogP contribution in [0.15, 0.2) is 60.7 Å². The van der Waals surface area contributed by atoms with Gasteiger partial charge in [0.1, 0.15) is 5.69 Å². The van der Waals surface area contributed by atoms with Crippen molar-refractivity contribution in [2.75, 3.05) is 17.7 Å². The highest BCUT2D eigenvalue weighted by Crippen LogP contribution is 2.29. The molecule has 0 saturated carbocycles. The van der Waals surface area contributed by atoms with E-state index in [1.165, 1.54) is 11.3 Å². The van der Waals surface area contributed by atoms with Crippen molar-refractivity contribution >= 4 is 32.4 Å². The van der Waals surface area contributed by atoms with Gasteiger partial charge in [-0.1, -0.05) is 60.7 Å². The Hall–Kier alpha value is -2.75. The highest BCUT2D eigenvalue weighted by atomic mass is 32.2. The smallest absolute Gasteiger partial charge is 0.284 e. The second-order valence-corrected chi connectivity index (χ2v) is 9.83. The number of nitrogens with zero attached hydrogens (tertiary/aromatic N) is 2. The summed E-state index contributed by atoms with van der Waals surface area (Å²) in [7, 11) is -3.69. The maximum absolute atomic E-state index is 12.3. The van der Waals surface area contributed by atoms with Crippen molar-refractivity contribution < 1.29 is 18.3 Å². The highest BCUT2D eigenvalue weighted by Gasteiger charge is 2.23. The topological polar surface area (TPSA) is 99.6 Å². The fourth-order valence-electron chi connectivity index (χ4n) is 2.95. The number of sulfonamides is 1. The Morgan fingerprint density at radius 1 is 1.13 bits per heavy atom. The van der Waals surface area contributed by atoms with Gasteiger partial charge >= 0.3 is 0 Å². The molecule has 3 aromatic rings. The van der Waals surface area contributed by atoms with Crippen LogP contribution in [-0.2, 0) is 16.6 Å². The quantitative estimate of drug-likeness (QED) is 0.553. The van der Waals surface area contributed by atoms with Gasteiger partial charge in [0.2, 0.25) is 10.0 Å². The fourth-order valence-corrected chi connectivity index (χ4v) is 4.30. The Bertz CT molecular complexity index is 1100. The lowest BCUT2D eigenvalue weighted by Crippen LogP contribution is -2.31. The molecule has 1 atom stereocenters. The van der Waals surface area contributed by atoms with Gasteiger partial charge in [0, 0.05) is 11.4 Å². The van der Waals surface area contributed by atoms with Crippen LogP contribution in [0.1, 0.15) is 32.6 Å². The molecule has 2 aromatic carbocycles. The third-order valence-corrected chi connectivity index (χ3v) is 5.93. The van der Waals surface area contributed by atoms with Gasteiger partial charge in [-0.3, -0.25) is 4.79 Å².